The Balaban J connectivity index is 1.77. The highest BCUT2D eigenvalue weighted by atomic mass is 35.5. The Kier molecular flexibility index (Phi) is 6.51. The minimum Gasteiger partial charge on any atom is -0.495 e. The maximum absolute atomic E-state index is 13.1. The van der Waals surface area contributed by atoms with E-state index < -0.39 is 15.9 Å². The van der Waals surface area contributed by atoms with Gasteiger partial charge in [-0.15, -0.1) is 0 Å². The smallest absolute Gasteiger partial charge is 0.243 e. The first-order valence-electron chi connectivity index (χ1n) is 9.45. The largest absolute Gasteiger partial charge is 0.495 e. The standard InChI is InChI=1S/C21H25ClN2O4S/c1-14-6-4-7-15(2)20(14)23-21(25)16-8-5-11-24(13-16)29(26,27)17-9-10-19(28-3)18(22)12-17/h4,6-7,9-10,12,16H,5,8,11,13H2,1-3H3,(H,23,25)/t16-/m0/s1. The van der Waals surface area contributed by atoms with E-state index in [0.717, 1.165) is 16.8 Å². The maximum atomic E-state index is 13.1. The van der Waals surface area contributed by atoms with E-state index in [4.69, 9.17) is 16.3 Å². The third-order valence-corrected chi connectivity index (χ3v) is 7.40. The minimum absolute atomic E-state index is 0.0964. The first-order valence-corrected chi connectivity index (χ1v) is 11.3. The second-order valence-electron chi connectivity index (χ2n) is 7.25. The molecule has 1 heterocycles. The molecule has 2 aromatic rings. The highest BCUT2D eigenvalue weighted by molar-refractivity contribution is 7.89. The molecular formula is C21H25ClN2O4S. The summed E-state index contributed by atoms with van der Waals surface area (Å²) in [4.78, 5) is 12.9. The number of nitrogens with zero attached hydrogens (tertiary/aromatic N) is 1. The number of halogens is 1. The molecule has 1 fully saturated rings. The van der Waals surface area contributed by atoms with Crippen molar-refractivity contribution < 1.29 is 17.9 Å². The molecule has 0 radical (unpaired) electrons. The molecule has 0 saturated carbocycles. The molecule has 1 atom stereocenters. The van der Waals surface area contributed by atoms with E-state index in [0.29, 0.717) is 25.1 Å². The van der Waals surface area contributed by atoms with Crippen molar-refractivity contribution in [2.45, 2.75) is 31.6 Å². The Morgan fingerprint density at radius 3 is 2.52 bits per heavy atom. The molecule has 1 saturated heterocycles. The van der Waals surface area contributed by atoms with Gasteiger partial charge in [-0.1, -0.05) is 29.8 Å². The predicted molar refractivity (Wildman–Crippen MR) is 114 cm³/mol. The van der Waals surface area contributed by atoms with E-state index in [2.05, 4.69) is 5.32 Å². The quantitative estimate of drug-likeness (QED) is 0.768. The van der Waals surface area contributed by atoms with E-state index in [-0.39, 0.29) is 22.4 Å². The number of sulfonamides is 1. The molecule has 1 aliphatic heterocycles. The van der Waals surface area contributed by atoms with E-state index in [1.54, 1.807) is 0 Å². The molecule has 8 heteroatoms. The first kappa shape index (κ1) is 21.6. The molecule has 3 rings (SSSR count). The van der Waals surface area contributed by atoms with Crippen LogP contribution in [0.4, 0.5) is 5.69 Å². The Bertz CT molecular complexity index is 1000. The topological polar surface area (TPSA) is 75.7 Å². The number of amides is 1. The van der Waals surface area contributed by atoms with Gasteiger partial charge in [-0.2, -0.15) is 4.31 Å². The van der Waals surface area contributed by atoms with Gasteiger partial charge in [-0.25, -0.2) is 8.42 Å². The van der Waals surface area contributed by atoms with E-state index in [9.17, 15) is 13.2 Å². The van der Waals surface area contributed by atoms with Gasteiger partial charge in [0, 0.05) is 18.8 Å². The number of ether oxygens (including phenoxy) is 1. The molecule has 6 nitrogen and oxygen atoms in total. The second kappa shape index (κ2) is 8.73. The van der Waals surface area contributed by atoms with Crippen LogP contribution in [0.25, 0.3) is 0 Å². The fourth-order valence-electron chi connectivity index (χ4n) is 3.57. The van der Waals surface area contributed by atoms with Gasteiger partial charge in [0.05, 0.1) is 22.9 Å². The van der Waals surface area contributed by atoms with Crippen molar-refractivity contribution in [2.75, 3.05) is 25.5 Å². The highest BCUT2D eigenvalue weighted by Crippen LogP contribution is 2.30. The molecule has 2 aromatic carbocycles. The lowest BCUT2D eigenvalue weighted by atomic mass is 9.98. The number of benzene rings is 2. The van der Waals surface area contributed by atoms with Gasteiger partial charge in [-0.3, -0.25) is 4.79 Å². The number of aryl methyl sites for hydroxylation is 2. The Labute approximate surface area is 176 Å². The molecule has 1 N–H and O–H groups in total. The van der Waals surface area contributed by atoms with Crippen LogP contribution in [0, 0.1) is 19.8 Å². The zero-order valence-electron chi connectivity index (χ0n) is 16.7. The van der Waals surface area contributed by atoms with E-state index in [1.165, 1.54) is 29.6 Å². The monoisotopic (exact) mass is 436 g/mol. The summed E-state index contributed by atoms with van der Waals surface area (Å²) in [6.45, 7) is 4.39. The predicted octanol–water partition coefficient (Wildman–Crippen LogP) is 4.00. The number of carbonyl (C=O) groups excluding carboxylic acids is 1. The SMILES string of the molecule is COc1ccc(S(=O)(=O)N2CCC[C@H](C(=O)Nc3c(C)cccc3C)C2)cc1Cl. The van der Waals surface area contributed by atoms with Gasteiger partial charge < -0.3 is 10.1 Å². The molecule has 0 bridgehead atoms. The lowest BCUT2D eigenvalue weighted by Gasteiger charge is -2.31. The fourth-order valence-corrected chi connectivity index (χ4v) is 5.44. The normalized spacial score (nSPS) is 17.7. The number of anilines is 1. The summed E-state index contributed by atoms with van der Waals surface area (Å²) in [7, 11) is -2.28. The van der Waals surface area contributed by atoms with Crippen LogP contribution in [0.1, 0.15) is 24.0 Å². The number of para-hydroxylation sites is 1. The van der Waals surface area contributed by atoms with Crippen LogP contribution >= 0.6 is 11.6 Å². The third-order valence-electron chi connectivity index (χ3n) is 5.25. The molecule has 1 aliphatic rings. The zero-order valence-corrected chi connectivity index (χ0v) is 18.3. The van der Waals surface area contributed by atoms with Crippen LogP contribution in [0.5, 0.6) is 5.75 Å². The molecule has 156 valence electrons. The van der Waals surface area contributed by atoms with Crippen LogP contribution in [-0.4, -0.2) is 38.8 Å². The summed E-state index contributed by atoms with van der Waals surface area (Å²) >= 11 is 6.10. The summed E-state index contributed by atoms with van der Waals surface area (Å²) in [5.74, 6) is -0.156. The highest BCUT2D eigenvalue weighted by Gasteiger charge is 2.33. The van der Waals surface area contributed by atoms with Gasteiger partial charge in [0.1, 0.15) is 5.75 Å². The summed E-state index contributed by atoms with van der Waals surface area (Å²) in [5, 5.41) is 3.22. The molecule has 0 spiro atoms. The summed E-state index contributed by atoms with van der Waals surface area (Å²) in [6.07, 6.45) is 1.26. The summed E-state index contributed by atoms with van der Waals surface area (Å²) in [6, 6.07) is 10.2. The molecule has 0 aromatic heterocycles. The number of hydrogen-bond acceptors (Lipinski definition) is 4. The molecule has 1 amide bonds. The molecule has 0 aliphatic carbocycles. The van der Waals surface area contributed by atoms with Crippen molar-refractivity contribution in [3.05, 3.63) is 52.5 Å². The van der Waals surface area contributed by atoms with Crippen molar-refractivity contribution >= 4 is 33.2 Å². The maximum Gasteiger partial charge on any atom is 0.243 e. The number of carbonyl (C=O) groups is 1. The van der Waals surface area contributed by atoms with Gasteiger partial charge in [-0.05, 0) is 56.0 Å². The molecule has 29 heavy (non-hydrogen) atoms. The van der Waals surface area contributed by atoms with E-state index in [1.807, 2.05) is 32.0 Å². The van der Waals surface area contributed by atoms with Crippen LogP contribution in [-0.2, 0) is 14.8 Å². The number of nitrogens with one attached hydrogen (secondary N) is 1. The number of methoxy groups -OCH3 is 1. The van der Waals surface area contributed by atoms with Crippen molar-refractivity contribution in [1.29, 1.82) is 0 Å². The molecule has 0 unspecified atom stereocenters. The number of hydrogen-bond donors (Lipinski definition) is 1. The van der Waals surface area contributed by atoms with Crippen LogP contribution in [0.15, 0.2) is 41.3 Å². The zero-order chi connectivity index (χ0) is 21.2. The van der Waals surface area contributed by atoms with Gasteiger partial charge in [0.2, 0.25) is 15.9 Å². The Morgan fingerprint density at radius 2 is 1.90 bits per heavy atom. The average molecular weight is 437 g/mol. The van der Waals surface area contributed by atoms with Crippen LogP contribution < -0.4 is 10.1 Å². The summed E-state index contributed by atoms with van der Waals surface area (Å²) in [5.41, 5.74) is 2.75. The summed E-state index contributed by atoms with van der Waals surface area (Å²) < 4.78 is 32.6. The van der Waals surface area contributed by atoms with Crippen LogP contribution in [0.2, 0.25) is 5.02 Å². The van der Waals surface area contributed by atoms with Crippen LogP contribution in [0.3, 0.4) is 0 Å². The van der Waals surface area contributed by atoms with Crippen molar-refractivity contribution in [1.82, 2.24) is 4.31 Å². The Morgan fingerprint density at radius 1 is 1.21 bits per heavy atom. The van der Waals surface area contributed by atoms with Gasteiger partial charge in [0.15, 0.2) is 0 Å². The van der Waals surface area contributed by atoms with Gasteiger partial charge >= 0.3 is 0 Å². The van der Waals surface area contributed by atoms with E-state index >= 15 is 0 Å². The lowest BCUT2D eigenvalue weighted by molar-refractivity contribution is -0.120. The minimum atomic E-state index is -3.75. The first-order chi connectivity index (χ1) is 13.7. The second-order valence-corrected chi connectivity index (χ2v) is 9.60. The number of piperidine rings is 1. The number of rotatable bonds is 5. The fraction of sp³-hybridized carbons (Fsp3) is 0.381. The van der Waals surface area contributed by atoms with Gasteiger partial charge in [0.25, 0.3) is 0 Å². The van der Waals surface area contributed by atoms with Crippen molar-refractivity contribution in [3.63, 3.8) is 0 Å². The lowest BCUT2D eigenvalue weighted by Crippen LogP contribution is -2.43. The van der Waals surface area contributed by atoms with Crippen molar-refractivity contribution in [2.24, 2.45) is 5.92 Å². The Hall–Kier alpha value is -2.09. The third kappa shape index (κ3) is 4.57. The molecular weight excluding hydrogens is 412 g/mol. The average Bonchev–Trinajstić information content (AvgIpc) is 2.70. The van der Waals surface area contributed by atoms with Crippen molar-refractivity contribution in [3.8, 4) is 5.75 Å².